The average Bonchev–Trinajstić information content (AvgIpc) is 2.71. The van der Waals surface area contributed by atoms with E-state index in [9.17, 15) is 13.2 Å². The monoisotopic (exact) mass is 227 g/mol. The average molecular weight is 227 g/mol. The van der Waals surface area contributed by atoms with Gasteiger partial charge < -0.3 is 0 Å². The lowest BCUT2D eigenvalue weighted by atomic mass is 10.3. The number of para-hydroxylation sites is 1. The summed E-state index contributed by atoms with van der Waals surface area (Å²) in [4.78, 5) is 3.60. The molecule has 0 bridgehead atoms. The maximum absolute atomic E-state index is 12.8. The summed E-state index contributed by atoms with van der Waals surface area (Å²) in [5, 5.41) is 0.208. The summed E-state index contributed by atoms with van der Waals surface area (Å²) in [6.07, 6.45) is -0.870. The number of rotatable bonds is 2. The van der Waals surface area contributed by atoms with Crippen LogP contribution in [0.5, 0.6) is 0 Å². The van der Waals surface area contributed by atoms with Gasteiger partial charge in [-0.15, -0.1) is 13.2 Å². The Morgan fingerprint density at radius 1 is 1.12 bits per heavy atom. The summed E-state index contributed by atoms with van der Waals surface area (Å²) < 4.78 is 39.4. The number of aromatic nitrogens is 2. The van der Waals surface area contributed by atoms with Crippen LogP contribution in [0.3, 0.4) is 0 Å². The van der Waals surface area contributed by atoms with Crippen molar-refractivity contribution in [1.82, 2.24) is 9.66 Å². The molecule has 16 heavy (non-hydrogen) atoms. The Kier molecular flexibility index (Phi) is 2.55. The number of halogens is 3. The van der Waals surface area contributed by atoms with E-state index in [1.54, 1.807) is 18.2 Å². The molecule has 2 aromatic rings. The number of imidazole rings is 1. The van der Waals surface area contributed by atoms with Crippen LogP contribution in [-0.2, 0) is 0 Å². The van der Waals surface area contributed by atoms with Crippen LogP contribution in [0.25, 0.3) is 0 Å². The molecular weight excluding hydrogens is 219 g/mol. The highest BCUT2D eigenvalue weighted by molar-refractivity contribution is 5.46. The van der Waals surface area contributed by atoms with Gasteiger partial charge in [-0.3, -0.25) is 0 Å². The van der Waals surface area contributed by atoms with Crippen LogP contribution < -0.4 is 5.01 Å². The number of benzene rings is 1. The second-order valence-electron chi connectivity index (χ2n) is 3.06. The summed E-state index contributed by atoms with van der Waals surface area (Å²) in [7, 11) is 0. The first kappa shape index (κ1) is 10.5. The van der Waals surface area contributed by atoms with E-state index in [1.807, 2.05) is 0 Å². The molecule has 0 N–H and O–H groups in total. The van der Waals surface area contributed by atoms with Crippen LogP contribution >= 0.6 is 0 Å². The van der Waals surface area contributed by atoms with Crippen molar-refractivity contribution in [2.75, 3.05) is 5.01 Å². The number of anilines is 1. The Morgan fingerprint density at radius 2 is 1.81 bits per heavy atom. The predicted octanol–water partition coefficient (Wildman–Crippen LogP) is 2.67. The van der Waals surface area contributed by atoms with Gasteiger partial charge in [0, 0.05) is 12.4 Å². The Bertz CT molecular complexity index is 436. The normalized spacial score (nSPS) is 11.4. The third kappa shape index (κ3) is 2.00. The lowest BCUT2D eigenvalue weighted by molar-refractivity contribution is -0.136. The van der Waals surface area contributed by atoms with E-state index in [4.69, 9.17) is 0 Å². The van der Waals surface area contributed by atoms with Gasteiger partial charge in [0.25, 0.3) is 0 Å². The van der Waals surface area contributed by atoms with E-state index in [1.165, 1.54) is 24.5 Å². The molecule has 0 fully saturated rings. The topological polar surface area (TPSA) is 21.1 Å². The molecule has 6 heteroatoms. The second kappa shape index (κ2) is 3.88. The fraction of sp³-hybridized carbons (Fsp3) is 0.100. The number of alkyl halides is 3. The van der Waals surface area contributed by atoms with E-state index < -0.39 is 6.30 Å². The maximum Gasteiger partial charge on any atom is 0.503 e. The van der Waals surface area contributed by atoms with Gasteiger partial charge >= 0.3 is 6.30 Å². The molecule has 84 valence electrons. The minimum Gasteiger partial charge on any atom is -0.243 e. The first-order valence-corrected chi connectivity index (χ1v) is 4.49. The van der Waals surface area contributed by atoms with Gasteiger partial charge in [-0.1, -0.05) is 18.2 Å². The molecule has 0 amide bonds. The third-order valence-electron chi connectivity index (χ3n) is 1.96. The molecule has 1 heterocycles. The van der Waals surface area contributed by atoms with Crippen LogP contribution in [0.2, 0.25) is 0 Å². The van der Waals surface area contributed by atoms with Crippen molar-refractivity contribution >= 4 is 5.69 Å². The minimum absolute atomic E-state index is 0.0352. The molecule has 0 saturated carbocycles. The van der Waals surface area contributed by atoms with Gasteiger partial charge in [0.05, 0.1) is 5.69 Å². The molecule has 1 aromatic carbocycles. The zero-order valence-electron chi connectivity index (χ0n) is 8.09. The summed E-state index contributed by atoms with van der Waals surface area (Å²) >= 11 is 0. The molecule has 0 saturated heterocycles. The SMILES string of the molecule is FC(F)(F)N(c1ccccc1)n1ccnc1. The van der Waals surface area contributed by atoms with E-state index in [0.717, 1.165) is 11.0 Å². The molecule has 0 radical (unpaired) electrons. The smallest absolute Gasteiger partial charge is 0.243 e. The zero-order valence-corrected chi connectivity index (χ0v) is 8.09. The van der Waals surface area contributed by atoms with Crippen LogP contribution in [0.1, 0.15) is 0 Å². The Hall–Kier alpha value is -1.98. The highest BCUT2D eigenvalue weighted by atomic mass is 19.4. The molecule has 1 aromatic heterocycles. The molecule has 0 aliphatic carbocycles. The lowest BCUT2D eigenvalue weighted by Crippen LogP contribution is -2.41. The van der Waals surface area contributed by atoms with Crippen molar-refractivity contribution in [3.05, 3.63) is 49.1 Å². The fourth-order valence-corrected chi connectivity index (χ4v) is 1.35. The van der Waals surface area contributed by atoms with E-state index in [0.29, 0.717) is 0 Å². The molecule has 0 unspecified atom stereocenters. The van der Waals surface area contributed by atoms with Crippen LogP contribution in [0.15, 0.2) is 49.1 Å². The van der Waals surface area contributed by atoms with Gasteiger partial charge in [-0.2, -0.15) is 5.01 Å². The summed E-state index contributed by atoms with van der Waals surface area (Å²) in [5.41, 5.74) is 0.0352. The largest absolute Gasteiger partial charge is 0.503 e. The first-order valence-electron chi connectivity index (χ1n) is 4.49. The number of hydrogen-bond donors (Lipinski definition) is 0. The molecule has 3 nitrogen and oxygen atoms in total. The van der Waals surface area contributed by atoms with Gasteiger partial charge in [0.2, 0.25) is 0 Å². The summed E-state index contributed by atoms with van der Waals surface area (Å²) in [6, 6.07) is 7.52. The van der Waals surface area contributed by atoms with Crippen LogP contribution in [0, 0.1) is 0 Å². The summed E-state index contributed by atoms with van der Waals surface area (Å²) in [6.45, 7) is 0. The molecule has 0 spiro atoms. The van der Waals surface area contributed by atoms with Gasteiger partial charge in [0.1, 0.15) is 6.33 Å². The number of nitrogens with zero attached hydrogens (tertiary/aromatic N) is 3. The second-order valence-corrected chi connectivity index (χ2v) is 3.06. The quantitative estimate of drug-likeness (QED) is 0.735. The first-order chi connectivity index (χ1) is 7.59. The van der Waals surface area contributed by atoms with Crippen LogP contribution in [0.4, 0.5) is 18.9 Å². The van der Waals surface area contributed by atoms with Crippen molar-refractivity contribution in [3.63, 3.8) is 0 Å². The Balaban J connectivity index is 2.45. The number of hydrogen-bond acceptors (Lipinski definition) is 2. The van der Waals surface area contributed by atoms with Crippen molar-refractivity contribution < 1.29 is 13.2 Å². The standard InChI is InChI=1S/C10H8F3N3/c11-10(12,13)16(15-7-6-14-8-15)9-4-2-1-3-5-9/h1-8H. The molecule has 0 atom stereocenters. The Labute approximate surface area is 89.7 Å². The molecule has 2 rings (SSSR count). The highest BCUT2D eigenvalue weighted by Crippen LogP contribution is 2.28. The summed E-state index contributed by atoms with van der Waals surface area (Å²) in [5.74, 6) is 0. The lowest BCUT2D eigenvalue weighted by Gasteiger charge is -2.27. The van der Waals surface area contributed by atoms with Crippen molar-refractivity contribution in [3.8, 4) is 0 Å². The van der Waals surface area contributed by atoms with Crippen molar-refractivity contribution in [1.29, 1.82) is 0 Å². The van der Waals surface area contributed by atoms with Crippen molar-refractivity contribution in [2.45, 2.75) is 6.30 Å². The molecule has 0 aliphatic heterocycles. The van der Waals surface area contributed by atoms with Gasteiger partial charge in [-0.25, -0.2) is 9.66 Å². The third-order valence-corrected chi connectivity index (χ3v) is 1.96. The predicted molar refractivity (Wildman–Crippen MR) is 52.6 cm³/mol. The fourth-order valence-electron chi connectivity index (χ4n) is 1.35. The van der Waals surface area contributed by atoms with E-state index in [2.05, 4.69) is 4.98 Å². The molecular formula is C10H8F3N3. The van der Waals surface area contributed by atoms with Gasteiger partial charge in [-0.05, 0) is 12.1 Å². The Morgan fingerprint density at radius 3 is 2.31 bits per heavy atom. The van der Waals surface area contributed by atoms with Gasteiger partial charge in [0.15, 0.2) is 0 Å². The molecule has 0 aliphatic rings. The highest BCUT2D eigenvalue weighted by Gasteiger charge is 2.39. The van der Waals surface area contributed by atoms with E-state index >= 15 is 0 Å². The maximum atomic E-state index is 12.8. The van der Waals surface area contributed by atoms with Crippen LogP contribution in [-0.4, -0.2) is 16.0 Å². The van der Waals surface area contributed by atoms with E-state index in [-0.39, 0.29) is 10.7 Å². The van der Waals surface area contributed by atoms with Crippen molar-refractivity contribution in [2.24, 2.45) is 0 Å². The zero-order chi connectivity index (χ0) is 11.6. The minimum atomic E-state index is -4.50.